The maximum absolute atomic E-state index is 12.5. The molecular formula is C14H19N3O3. The van der Waals surface area contributed by atoms with Crippen LogP contribution in [0.3, 0.4) is 0 Å². The van der Waals surface area contributed by atoms with Gasteiger partial charge in [-0.3, -0.25) is 14.6 Å². The molecule has 0 saturated carbocycles. The number of carbonyl (C=O) groups is 2. The van der Waals surface area contributed by atoms with Crippen molar-refractivity contribution in [2.75, 3.05) is 20.2 Å². The Hall–Kier alpha value is -1.95. The van der Waals surface area contributed by atoms with Crippen LogP contribution in [0.4, 0.5) is 0 Å². The molecule has 0 aromatic carbocycles. The third-order valence-corrected chi connectivity index (χ3v) is 3.58. The number of rotatable bonds is 4. The Balaban J connectivity index is 2.11. The molecule has 2 amide bonds. The van der Waals surface area contributed by atoms with E-state index in [4.69, 9.17) is 10.5 Å². The van der Waals surface area contributed by atoms with E-state index in [1.54, 1.807) is 29.4 Å². The first-order valence-electron chi connectivity index (χ1n) is 6.64. The standard InChI is InChI=1S/C14H19N3O3/c1-20-12(10-4-2-6-16-8-10)14(19)17-7-3-5-11(9-17)13(15)18/h2,4,6,8,11-12H,3,5,7,9H2,1H3,(H2,15,18)/t11-,12+/m0/s1. The highest BCUT2D eigenvalue weighted by atomic mass is 16.5. The molecule has 1 aromatic rings. The van der Waals surface area contributed by atoms with Crippen LogP contribution in [0.1, 0.15) is 24.5 Å². The minimum absolute atomic E-state index is 0.147. The quantitative estimate of drug-likeness (QED) is 0.868. The van der Waals surface area contributed by atoms with E-state index >= 15 is 0 Å². The first kappa shape index (κ1) is 14.5. The van der Waals surface area contributed by atoms with E-state index in [-0.39, 0.29) is 17.7 Å². The van der Waals surface area contributed by atoms with Crippen LogP contribution in [0.2, 0.25) is 0 Å². The first-order valence-corrected chi connectivity index (χ1v) is 6.64. The number of nitrogens with two attached hydrogens (primary N) is 1. The lowest BCUT2D eigenvalue weighted by Crippen LogP contribution is -2.46. The number of hydrogen-bond acceptors (Lipinski definition) is 4. The summed E-state index contributed by atoms with van der Waals surface area (Å²) in [7, 11) is 1.49. The van der Waals surface area contributed by atoms with Gasteiger partial charge < -0.3 is 15.4 Å². The maximum atomic E-state index is 12.5. The van der Waals surface area contributed by atoms with Gasteiger partial charge in [0, 0.05) is 38.2 Å². The van der Waals surface area contributed by atoms with Crippen LogP contribution in [-0.4, -0.2) is 41.9 Å². The molecule has 6 nitrogen and oxygen atoms in total. The van der Waals surface area contributed by atoms with Crippen LogP contribution < -0.4 is 5.73 Å². The Morgan fingerprint density at radius 2 is 2.35 bits per heavy atom. The van der Waals surface area contributed by atoms with Crippen molar-refractivity contribution in [3.05, 3.63) is 30.1 Å². The summed E-state index contributed by atoms with van der Waals surface area (Å²) in [6.07, 6.45) is 4.09. The fraction of sp³-hybridized carbons (Fsp3) is 0.500. The first-order chi connectivity index (χ1) is 9.63. The van der Waals surface area contributed by atoms with E-state index in [2.05, 4.69) is 4.98 Å². The second kappa shape index (κ2) is 6.47. The normalized spacial score (nSPS) is 20.4. The Morgan fingerprint density at radius 1 is 1.55 bits per heavy atom. The van der Waals surface area contributed by atoms with Crippen molar-refractivity contribution in [1.82, 2.24) is 9.88 Å². The van der Waals surface area contributed by atoms with Gasteiger partial charge in [0.1, 0.15) is 0 Å². The van der Waals surface area contributed by atoms with E-state index in [9.17, 15) is 9.59 Å². The molecule has 0 bridgehead atoms. The van der Waals surface area contributed by atoms with Gasteiger partial charge in [0.2, 0.25) is 5.91 Å². The number of nitrogens with zero attached hydrogens (tertiary/aromatic N) is 2. The number of piperidine rings is 1. The zero-order valence-electron chi connectivity index (χ0n) is 11.5. The van der Waals surface area contributed by atoms with Gasteiger partial charge in [-0.05, 0) is 18.9 Å². The molecule has 0 spiro atoms. The fourth-order valence-electron chi connectivity index (χ4n) is 2.49. The van der Waals surface area contributed by atoms with Crippen LogP contribution >= 0.6 is 0 Å². The van der Waals surface area contributed by atoms with Crippen molar-refractivity contribution in [2.24, 2.45) is 11.7 Å². The Bertz CT molecular complexity index is 478. The van der Waals surface area contributed by atoms with Gasteiger partial charge in [-0.1, -0.05) is 6.07 Å². The monoisotopic (exact) mass is 277 g/mol. The van der Waals surface area contributed by atoms with Crippen molar-refractivity contribution in [3.63, 3.8) is 0 Å². The highest BCUT2D eigenvalue weighted by Crippen LogP contribution is 2.23. The number of amides is 2. The molecule has 2 rings (SSSR count). The average molecular weight is 277 g/mol. The number of carbonyl (C=O) groups excluding carboxylic acids is 2. The van der Waals surface area contributed by atoms with Gasteiger partial charge in [-0.15, -0.1) is 0 Å². The highest BCUT2D eigenvalue weighted by Gasteiger charge is 2.31. The molecule has 0 aliphatic carbocycles. The van der Waals surface area contributed by atoms with Crippen LogP contribution in [0, 0.1) is 5.92 Å². The number of primary amides is 1. The summed E-state index contributed by atoms with van der Waals surface area (Å²) in [5.41, 5.74) is 6.04. The predicted molar refractivity (Wildman–Crippen MR) is 72.5 cm³/mol. The summed E-state index contributed by atoms with van der Waals surface area (Å²) in [6, 6.07) is 3.56. The zero-order valence-corrected chi connectivity index (χ0v) is 11.5. The van der Waals surface area contributed by atoms with E-state index in [1.165, 1.54) is 7.11 Å². The van der Waals surface area contributed by atoms with Crippen molar-refractivity contribution < 1.29 is 14.3 Å². The van der Waals surface area contributed by atoms with Crippen LogP contribution in [0.5, 0.6) is 0 Å². The molecule has 1 aliphatic rings. The molecule has 2 atom stereocenters. The highest BCUT2D eigenvalue weighted by molar-refractivity contribution is 5.84. The number of ether oxygens (including phenoxy) is 1. The van der Waals surface area contributed by atoms with Crippen molar-refractivity contribution in [3.8, 4) is 0 Å². The smallest absolute Gasteiger partial charge is 0.256 e. The molecule has 0 radical (unpaired) electrons. The molecule has 1 fully saturated rings. The lowest BCUT2D eigenvalue weighted by molar-refractivity contribution is -0.145. The van der Waals surface area contributed by atoms with E-state index in [0.29, 0.717) is 18.7 Å². The average Bonchev–Trinajstić information content (AvgIpc) is 2.49. The minimum atomic E-state index is -0.685. The van der Waals surface area contributed by atoms with Crippen LogP contribution in [-0.2, 0) is 14.3 Å². The maximum Gasteiger partial charge on any atom is 0.256 e. The Morgan fingerprint density at radius 3 is 2.95 bits per heavy atom. The third-order valence-electron chi connectivity index (χ3n) is 3.58. The van der Waals surface area contributed by atoms with Gasteiger partial charge >= 0.3 is 0 Å². The van der Waals surface area contributed by atoms with E-state index < -0.39 is 6.10 Å². The van der Waals surface area contributed by atoms with Crippen molar-refractivity contribution in [1.29, 1.82) is 0 Å². The van der Waals surface area contributed by atoms with Gasteiger partial charge in [0.15, 0.2) is 6.10 Å². The molecule has 1 saturated heterocycles. The second-order valence-electron chi connectivity index (χ2n) is 4.93. The molecule has 1 aromatic heterocycles. The van der Waals surface area contributed by atoms with Crippen molar-refractivity contribution >= 4 is 11.8 Å². The number of pyridine rings is 1. The molecular weight excluding hydrogens is 258 g/mol. The summed E-state index contributed by atoms with van der Waals surface area (Å²) in [4.78, 5) is 29.4. The number of aromatic nitrogens is 1. The Labute approximate surface area is 117 Å². The predicted octanol–water partition coefficient (Wildman–Crippen LogP) is 0.493. The fourth-order valence-corrected chi connectivity index (χ4v) is 2.49. The Kier molecular flexibility index (Phi) is 4.68. The molecule has 20 heavy (non-hydrogen) atoms. The minimum Gasteiger partial charge on any atom is -0.369 e. The van der Waals surface area contributed by atoms with Gasteiger partial charge in [-0.25, -0.2) is 0 Å². The van der Waals surface area contributed by atoms with Gasteiger partial charge in [0.25, 0.3) is 5.91 Å². The van der Waals surface area contributed by atoms with Crippen LogP contribution in [0.25, 0.3) is 0 Å². The van der Waals surface area contributed by atoms with Gasteiger partial charge in [-0.2, -0.15) is 0 Å². The van der Waals surface area contributed by atoms with E-state index in [1.807, 2.05) is 0 Å². The van der Waals surface area contributed by atoms with Crippen molar-refractivity contribution in [2.45, 2.75) is 18.9 Å². The number of methoxy groups -OCH3 is 1. The molecule has 1 aliphatic heterocycles. The zero-order chi connectivity index (χ0) is 14.5. The second-order valence-corrected chi connectivity index (χ2v) is 4.93. The molecule has 2 N–H and O–H groups in total. The topological polar surface area (TPSA) is 85.5 Å². The lowest BCUT2D eigenvalue weighted by atomic mass is 9.96. The van der Waals surface area contributed by atoms with Gasteiger partial charge in [0.05, 0.1) is 5.92 Å². The van der Waals surface area contributed by atoms with Crippen LogP contribution in [0.15, 0.2) is 24.5 Å². The SMILES string of the molecule is CO[C@@H](C(=O)N1CCC[C@H](C(N)=O)C1)c1cccnc1. The van der Waals surface area contributed by atoms with E-state index in [0.717, 1.165) is 12.8 Å². The molecule has 2 heterocycles. The summed E-state index contributed by atoms with van der Waals surface area (Å²) in [6.45, 7) is 0.997. The summed E-state index contributed by atoms with van der Waals surface area (Å²) >= 11 is 0. The molecule has 6 heteroatoms. The molecule has 108 valence electrons. The summed E-state index contributed by atoms with van der Waals surface area (Å²) < 4.78 is 5.30. The lowest BCUT2D eigenvalue weighted by Gasteiger charge is -2.33. The third kappa shape index (κ3) is 3.14. The summed E-state index contributed by atoms with van der Waals surface area (Å²) in [5, 5.41) is 0. The largest absolute Gasteiger partial charge is 0.369 e. The number of hydrogen-bond donors (Lipinski definition) is 1. The number of likely N-dealkylation sites (tertiary alicyclic amines) is 1. The summed E-state index contributed by atoms with van der Waals surface area (Å²) in [5.74, 6) is -0.761. The molecule has 0 unspecified atom stereocenters.